The molecular weight excluding hydrogens is 468 g/mol. The molecule has 7 heteroatoms. The summed E-state index contributed by atoms with van der Waals surface area (Å²) >= 11 is 6.17. The molecule has 1 N–H and O–H groups in total. The molecule has 0 radical (unpaired) electrons. The molecule has 0 fully saturated rings. The van der Waals surface area contributed by atoms with Crippen LogP contribution in [0.15, 0.2) is 99.6 Å². The van der Waals surface area contributed by atoms with Crippen LogP contribution >= 0.6 is 11.6 Å². The smallest absolute Gasteiger partial charge is 0.265 e. The molecule has 2 aromatic rings. The van der Waals surface area contributed by atoms with E-state index in [0.717, 1.165) is 46.0 Å². The maximum atomic E-state index is 13.0. The number of amides is 1. The predicted octanol–water partition coefficient (Wildman–Crippen LogP) is 5.86. The molecule has 0 atom stereocenters. The van der Waals surface area contributed by atoms with E-state index in [0.29, 0.717) is 13.0 Å². The van der Waals surface area contributed by atoms with Crippen molar-refractivity contribution in [2.24, 2.45) is 0 Å². The molecule has 1 amide bonds. The highest BCUT2D eigenvalue weighted by atomic mass is 35.5. The maximum absolute atomic E-state index is 13.0. The number of aryl methyl sites for hydroxylation is 1. The van der Waals surface area contributed by atoms with E-state index in [-0.39, 0.29) is 10.5 Å². The molecule has 1 heterocycles. The maximum Gasteiger partial charge on any atom is 0.265 e. The Balaban J connectivity index is 1.67. The summed E-state index contributed by atoms with van der Waals surface area (Å²) in [5.74, 6) is -0.662. The van der Waals surface area contributed by atoms with Crippen LogP contribution in [0.25, 0.3) is 0 Å². The molecule has 0 saturated carbocycles. The zero-order valence-corrected chi connectivity index (χ0v) is 20.8. The molecule has 0 unspecified atom stereocenters. The Kier molecular flexibility index (Phi) is 6.82. The van der Waals surface area contributed by atoms with Crippen LogP contribution in [-0.2, 0) is 16.4 Å². The van der Waals surface area contributed by atoms with Gasteiger partial charge in [-0.05, 0) is 73.7 Å². The van der Waals surface area contributed by atoms with Crippen molar-refractivity contribution in [2.45, 2.75) is 38.0 Å². The van der Waals surface area contributed by atoms with E-state index >= 15 is 0 Å². The summed E-state index contributed by atoms with van der Waals surface area (Å²) in [7, 11) is -3.97. The van der Waals surface area contributed by atoms with E-state index < -0.39 is 15.9 Å². The van der Waals surface area contributed by atoms with Crippen molar-refractivity contribution in [1.29, 1.82) is 0 Å². The molecule has 5 nitrogen and oxygen atoms in total. The predicted molar refractivity (Wildman–Crippen MR) is 137 cm³/mol. The lowest BCUT2D eigenvalue weighted by Gasteiger charge is -2.30. The number of anilines is 1. The Morgan fingerprint density at radius 1 is 1.12 bits per heavy atom. The minimum Gasteiger partial charge on any atom is -0.341 e. The first-order valence-corrected chi connectivity index (χ1v) is 13.0. The fraction of sp³-hybridized carbons (Fsp3) is 0.222. The van der Waals surface area contributed by atoms with Gasteiger partial charge in [0, 0.05) is 34.9 Å². The first-order valence-electron chi connectivity index (χ1n) is 11.1. The molecule has 0 bridgehead atoms. The zero-order valence-electron chi connectivity index (χ0n) is 19.3. The molecule has 2 aromatic carbocycles. The number of nitrogens with zero attached hydrogens (tertiary/aromatic N) is 1. The molecule has 0 aromatic heterocycles. The standard InChI is InChI=1S/C27H27ClN2O3S/c1-18-9-10-21-11-12-22(27(31)29-34(32,33)25-7-5-4-6-8-25)16-26(21)30(20(18)3)17-23-13-14-24(28)15-19(23)2/h4-8,11-13,15-16H,2,9-10,14,17H2,1,3H3,(H,29,31). The van der Waals surface area contributed by atoms with Gasteiger partial charge in [-0.15, -0.1) is 0 Å². The second-order valence-corrected chi connectivity index (χ2v) is 10.8. The normalized spacial score (nSPS) is 16.4. The number of carbonyl (C=O) groups is 1. The topological polar surface area (TPSA) is 66.5 Å². The van der Waals surface area contributed by atoms with Crippen molar-refractivity contribution < 1.29 is 13.2 Å². The van der Waals surface area contributed by atoms with E-state index in [2.05, 4.69) is 36.1 Å². The van der Waals surface area contributed by atoms with Crippen LogP contribution in [0.4, 0.5) is 5.69 Å². The van der Waals surface area contributed by atoms with Crippen LogP contribution in [0.2, 0.25) is 0 Å². The number of hydrogen-bond acceptors (Lipinski definition) is 4. The lowest BCUT2D eigenvalue weighted by molar-refractivity contribution is 0.0981. The number of rotatable bonds is 5. The van der Waals surface area contributed by atoms with Gasteiger partial charge in [-0.3, -0.25) is 4.79 Å². The van der Waals surface area contributed by atoms with E-state index in [1.54, 1.807) is 30.3 Å². The van der Waals surface area contributed by atoms with Gasteiger partial charge in [-0.2, -0.15) is 0 Å². The van der Waals surface area contributed by atoms with E-state index in [4.69, 9.17) is 11.6 Å². The zero-order chi connectivity index (χ0) is 24.5. The third-order valence-electron chi connectivity index (χ3n) is 6.33. The Bertz CT molecular complexity index is 1360. The lowest BCUT2D eigenvalue weighted by atomic mass is 9.99. The molecule has 176 valence electrons. The largest absolute Gasteiger partial charge is 0.341 e. The van der Waals surface area contributed by atoms with Crippen LogP contribution < -0.4 is 9.62 Å². The molecule has 1 aliphatic heterocycles. The highest BCUT2D eigenvalue weighted by Gasteiger charge is 2.24. The molecule has 4 rings (SSSR count). The third kappa shape index (κ3) is 5.03. The molecule has 1 aliphatic carbocycles. The number of halogens is 1. The van der Waals surface area contributed by atoms with Crippen LogP contribution in [0.1, 0.15) is 42.6 Å². The van der Waals surface area contributed by atoms with Crippen LogP contribution in [0, 0.1) is 0 Å². The number of benzene rings is 2. The summed E-state index contributed by atoms with van der Waals surface area (Å²) in [6.07, 6.45) is 6.39. The van der Waals surface area contributed by atoms with Crippen LogP contribution in [0.5, 0.6) is 0 Å². The van der Waals surface area contributed by atoms with Crippen molar-refractivity contribution >= 4 is 33.2 Å². The van der Waals surface area contributed by atoms with Gasteiger partial charge in [0.1, 0.15) is 0 Å². The second kappa shape index (κ2) is 9.65. The molecule has 34 heavy (non-hydrogen) atoms. The van der Waals surface area contributed by atoms with E-state index in [9.17, 15) is 13.2 Å². The number of sulfonamides is 1. The fourth-order valence-electron chi connectivity index (χ4n) is 4.15. The van der Waals surface area contributed by atoms with Crippen molar-refractivity contribution in [3.8, 4) is 0 Å². The fourth-order valence-corrected chi connectivity index (χ4v) is 5.36. The average Bonchev–Trinajstić information content (AvgIpc) is 2.92. The SMILES string of the molecule is C=C1C=C(Cl)CC=C1CN1C(C)=C(C)CCc2ccc(C(=O)NS(=O)(=O)c3ccccc3)cc21. The Morgan fingerprint density at radius 2 is 1.85 bits per heavy atom. The third-order valence-corrected chi connectivity index (χ3v) is 7.94. The van der Waals surface area contributed by atoms with Crippen molar-refractivity contribution in [1.82, 2.24) is 4.72 Å². The Hall–Kier alpha value is -3.09. The highest BCUT2D eigenvalue weighted by Crippen LogP contribution is 2.35. The van der Waals surface area contributed by atoms with Gasteiger partial charge in [0.15, 0.2) is 0 Å². The number of carbonyl (C=O) groups excluding carboxylic acids is 1. The summed E-state index contributed by atoms with van der Waals surface area (Å²) < 4.78 is 27.5. The Morgan fingerprint density at radius 3 is 2.56 bits per heavy atom. The van der Waals surface area contributed by atoms with Gasteiger partial charge in [0.05, 0.1) is 4.90 Å². The molecule has 2 aliphatic rings. The summed E-state index contributed by atoms with van der Waals surface area (Å²) in [6.45, 7) is 8.93. The van der Waals surface area contributed by atoms with Gasteiger partial charge in [-0.25, -0.2) is 13.1 Å². The first-order chi connectivity index (χ1) is 16.2. The summed E-state index contributed by atoms with van der Waals surface area (Å²) in [6, 6.07) is 13.2. The van der Waals surface area contributed by atoms with E-state index in [1.165, 1.54) is 17.7 Å². The van der Waals surface area contributed by atoms with E-state index in [1.807, 2.05) is 12.1 Å². The number of allylic oxidation sites excluding steroid dienone is 5. The van der Waals surface area contributed by atoms with Gasteiger partial charge in [0.2, 0.25) is 0 Å². The van der Waals surface area contributed by atoms with Crippen molar-refractivity contribution in [3.05, 3.63) is 106 Å². The second-order valence-electron chi connectivity index (χ2n) is 8.59. The number of fused-ring (bicyclic) bond motifs is 1. The Labute approximate surface area is 206 Å². The van der Waals surface area contributed by atoms with Crippen LogP contribution in [-0.4, -0.2) is 20.9 Å². The van der Waals surface area contributed by atoms with Gasteiger partial charge >= 0.3 is 0 Å². The molecule has 0 spiro atoms. The quantitative estimate of drug-likeness (QED) is 0.565. The summed E-state index contributed by atoms with van der Waals surface area (Å²) in [5, 5.41) is 0.757. The first kappa shape index (κ1) is 24.0. The number of hydrogen-bond donors (Lipinski definition) is 1. The molecular formula is C27H27ClN2O3S. The van der Waals surface area contributed by atoms with Gasteiger partial charge in [-0.1, -0.05) is 54.1 Å². The summed E-state index contributed by atoms with van der Waals surface area (Å²) in [4.78, 5) is 15.2. The van der Waals surface area contributed by atoms with Crippen molar-refractivity contribution in [2.75, 3.05) is 11.4 Å². The monoisotopic (exact) mass is 494 g/mol. The van der Waals surface area contributed by atoms with Gasteiger partial charge in [0.25, 0.3) is 15.9 Å². The van der Waals surface area contributed by atoms with Crippen LogP contribution in [0.3, 0.4) is 0 Å². The lowest BCUT2D eigenvalue weighted by Crippen LogP contribution is -2.31. The molecule has 0 saturated heterocycles. The summed E-state index contributed by atoms with van der Waals surface area (Å²) in [5.41, 5.74) is 6.62. The van der Waals surface area contributed by atoms with Crippen molar-refractivity contribution in [3.63, 3.8) is 0 Å². The number of nitrogens with one attached hydrogen (secondary N) is 1. The minimum atomic E-state index is -3.97. The highest BCUT2D eigenvalue weighted by molar-refractivity contribution is 7.90. The average molecular weight is 495 g/mol. The van der Waals surface area contributed by atoms with Gasteiger partial charge < -0.3 is 4.90 Å². The minimum absolute atomic E-state index is 0.0450.